The molecule has 0 amide bonds. The molecule has 6 unspecified atom stereocenters. The summed E-state index contributed by atoms with van der Waals surface area (Å²) in [5.74, 6) is 2.63. The number of rotatable bonds is 0. The molecule has 0 aromatic carbocycles. The molecule has 0 radical (unpaired) electrons. The first-order chi connectivity index (χ1) is 15.4. The van der Waals surface area contributed by atoms with Gasteiger partial charge in [-0.15, -0.1) is 0 Å². The van der Waals surface area contributed by atoms with E-state index in [2.05, 4.69) is 63.7 Å². The van der Waals surface area contributed by atoms with E-state index in [0.717, 1.165) is 26.4 Å². The van der Waals surface area contributed by atoms with Crippen LogP contribution in [-0.4, -0.2) is 57.3 Å². The molecule has 11 aliphatic rings. The van der Waals surface area contributed by atoms with E-state index in [4.69, 9.17) is 18.9 Å². The smallest absolute Gasteiger partial charge is 0.175 e. The minimum absolute atomic E-state index is 0.284. The van der Waals surface area contributed by atoms with Gasteiger partial charge in [-0.05, 0) is 59.2 Å². The highest BCUT2D eigenvalue weighted by Gasteiger charge is 3.15. The summed E-state index contributed by atoms with van der Waals surface area (Å²) >= 11 is 16.7. The van der Waals surface area contributed by atoms with Crippen LogP contribution in [0.15, 0.2) is 0 Å². The van der Waals surface area contributed by atoms with E-state index in [-0.39, 0.29) is 33.2 Å². The fourth-order valence-corrected chi connectivity index (χ4v) is 17.3. The summed E-state index contributed by atoms with van der Waals surface area (Å²) in [6, 6.07) is 0. The summed E-state index contributed by atoms with van der Waals surface area (Å²) in [5.41, 5.74) is 1.13. The predicted molar refractivity (Wildman–Crippen MR) is 129 cm³/mol. The second-order valence-electron chi connectivity index (χ2n) is 12.7. The van der Waals surface area contributed by atoms with Gasteiger partial charge in [-0.1, -0.05) is 63.7 Å². The molecule has 6 spiro atoms. The van der Waals surface area contributed by atoms with Crippen molar-refractivity contribution in [2.45, 2.75) is 56.6 Å². The normalized spacial score (nSPS) is 73.1. The lowest BCUT2D eigenvalue weighted by Crippen LogP contribution is -2.81. The van der Waals surface area contributed by atoms with E-state index < -0.39 is 0 Å². The second kappa shape index (κ2) is 5.19. The molecule has 0 aromatic heterocycles. The highest BCUT2D eigenvalue weighted by atomic mass is 79.9. The summed E-state index contributed by atoms with van der Waals surface area (Å²) in [5, 5.41) is 0. The van der Waals surface area contributed by atoms with Gasteiger partial charge in [-0.2, -0.15) is 0 Å². The van der Waals surface area contributed by atoms with Gasteiger partial charge in [-0.3, -0.25) is 0 Å². The molecule has 11 rings (SSSR count). The molecule has 14 atom stereocenters. The van der Waals surface area contributed by atoms with Crippen molar-refractivity contribution >= 4 is 63.7 Å². The van der Waals surface area contributed by atoms with E-state index in [1.54, 1.807) is 0 Å². The minimum Gasteiger partial charge on any atom is -0.347 e. The van der Waals surface area contributed by atoms with E-state index in [9.17, 15) is 0 Å². The van der Waals surface area contributed by atoms with Crippen LogP contribution >= 0.6 is 63.7 Å². The molecule has 2 heterocycles. The van der Waals surface area contributed by atoms with Gasteiger partial charge in [0.15, 0.2) is 11.6 Å². The van der Waals surface area contributed by atoms with E-state index in [1.165, 1.54) is 25.7 Å². The Kier molecular flexibility index (Phi) is 3.22. The third-order valence-corrected chi connectivity index (χ3v) is 18.6. The number of ether oxygens (including phenoxy) is 4. The van der Waals surface area contributed by atoms with Crippen molar-refractivity contribution in [2.24, 2.45) is 57.2 Å². The predicted octanol–water partition coefficient (Wildman–Crippen LogP) is 4.84. The molecule has 2 saturated heterocycles. The molecule has 9 aliphatic carbocycles. The van der Waals surface area contributed by atoms with E-state index in [0.29, 0.717) is 54.8 Å². The minimum atomic E-state index is -0.343. The summed E-state index contributed by atoms with van der Waals surface area (Å²) in [4.78, 5) is 2.03. The van der Waals surface area contributed by atoms with Crippen molar-refractivity contribution in [1.82, 2.24) is 0 Å². The molecular weight excluding hydrogens is 672 g/mol. The van der Waals surface area contributed by atoms with Gasteiger partial charge in [0.05, 0.1) is 26.4 Å². The van der Waals surface area contributed by atoms with Crippen LogP contribution in [0, 0.1) is 57.2 Å². The summed E-state index contributed by atoms with van der Waals surface area (Å²) in [6.07, 6.45) is 4.98. The molecule has 32 heavy (non-hydrogen) atoms. The Morgan fingerprint density at radius 1 is 0.438 bits per heavy atom. The zero-order valence-electron chi connectivity index (χ0n) is 17.6. The highest BCUT2D eigenvalue weighted by molar-refractivity contribution is 9.12. The molecule has 0 N–H and O–H groups in total. The van der Waals surface area contributed by atoms with Crippen molar-refractivity contribution in [3.63, 3.8) is 0 Å². The average Bonchev–Trinajstić information content (AvgIpc) is 3.56. The van der Waals surface area contributed by atoms with Gasteiger partial charge >= 0.3 is 0 Å². The van der Waals surface area contributed by atoms with Crippen LogP contribution < -0.4 is 0 Å². The maximum atomic E-state index is 6.83. The molecule has 4 nitrogen and oxygen atoms in total. The Labute approximate surface area is 221 Å². The number of alkyl halides is 4. The summed E-state index contributed by atoms with van der Waals surface area (Å²) in [7, 11) is 0. The molecule has 4 bridgehead atoms. The van der Waals surface area contributed by atoms with Crippen molar-refractivity contribution in [3.05, 3.63) is 0 Å². The molecule has 8 heteroatoms. The van der Waals surface area contributed by atoms with E-state index in [1.807, 2.05) is 0 Å². The van der Waals surface area contributed by atoms with Gasteiger partial charge in [0.25, 0.3) is 0 Å². The van der Waals surface area contributed by atoms with Crippen LogP contribution in [0.3, 0.4) is 0 Å². The third kappa shape index (κ3) is 1.30. The largest absolute Gasteiger partial charge is 0.347 e. The molecule has 0 aromatic rings. The average molecular weight is 698 g/mol. The maximum Gasteiger partial charge on any atom is 0.175 e. The van der Waals surface area contributed by atoms with Gasteiger partial charge in [0.2, 0.25) is 0 Å². The fraction of sp³-hybridized carbons (Fsp3) is 1.00. The van der Waals surface area contributed by atoms with Crippen molar-refractivity contribution < 1.29 is 18.9 Å². The van der Waals surface area contributed by atoms with Crippen molar-refractivity contribution in [3.8, 4) is 0 Å². The third-order valence-electron chi connectivity index (χ3n) is 13.4. The highest BCUT2D eigenvalue weighted by Crippen LogP contribution is 3.14. The van der Waals surface area contributed by atoms with E-state index >= 15 is 0 Å². The van der Waals surface area contributed by atoms with Crippen LogP contribution in [-0.2, 0) is 18.9 Å². The van der Waals surface area contributed by atoms with Crippen LogP contribution in [0.2, 0.25) is 0 Å². The van der Waals surface area contributed by atoms with Gasteiger partial charge < -0.3 is 18.9 Å². The topological polar surface area (TPSA) is 36.9 Å². The first kappa shape index (κ1) is 19.8. The molecule has 9 saturated carbocycles. The Morgan fingerprint density at radius 2 is 0.688 bits per heavy atom. The van der Waals surface area contributed by atoms with Crippen molar-refractivity contribution in [1.29, 1.82) is 0 Å². The molecule has 2 aliphatic heterocycles. The lowest BCUT2D eigenvalue weighted by molar-refractivity contribution is -0.350. The zero-order chi connectivity index (χ0) is 21.3. The Balaban J connectivity index is 1.35. The lowest BCUT2D eigenvalue weighted by atomic mass is 9.21. The SMILES string of the molecule is Br[C@@H]1CC23[C@H]4C5C6[C@H](C47OCCO7)C24C[C@@H](Br)[C@@H](Br)CC42[C@@H]6C4(OCCO4)[C@@H]5C32C[C@@H]1Br. The maximum absolute atomic E-state index is 6.83. The van der Waals surface area contributed by atoms with Gasteiger partial charge in [-0.25, -0.2) is 0 Å². The number of halogens is 4. The lowest BCUT2D eigenvalue weighted by Gasteiger charge is -2.83. The Morgan fingerprint density at radius 3 is 0.938 bits per heavy atom. The second-order valence-corrected chi connectivity index (χ2v) is 17.4. The van der Waals surface area contributed by atoms with Crippen LogP contribution in [0.4, 0.5) is 0 Å². The Bertz CT molecular complexity index is 840. The van der Waals surface area contributed by atoms with Crippen LogP contribution in [0.25, 0.3) is 0 Å². The standard InChI is InChI=1S/C24H26Br4O4/c25-9-5-19-15-13-14-16(23(15)29-1-2-30-23)20(19)6-10(26)12(28)8-22(20)18(14)24(31-3-4-32-24)17(13)21(19,22)7-11(9)27/h9-18H,1-8H2/t9-,10-,11+,12+,13?,14?,15-,16+,17+,18-,19?,20?,21?,22?. The summed E-state index contributed by atoms with van der Waals surface area (Å²) in [6.45, 7) is 3.07. The van der Waals surface area contributed by atoms with Crippen LogP contribution in [0.1, 0.15) is 25.7 Å². The zero-order valence-corrected chi connectivity index (χ0v) is 23.9. The quantitative estimate of drug-likeness (QED) is 0.340. The number of hydrogen-bond acceptors (Lipinski definition) is 4. The van der Waals surface area contributed by atoms with Crippen LogP contribution in [0.5, 0.6) is 0 Å². The van der Waals surface area contributed by atoms with Gasteiger partial charge in [0, 0.05) is 43.0 Å². The van der Waals surface area contributed by atoms with Crippen molar-refractivity contribution in [2.75, 3.05) is 26.4 Å². The van der Waals surface area contributed by atoms with Gasteiger partial charge in [0.1, 0.15) is 0 Å². The molecule has 174 valence electrons. The number of hydrogen-bond donors (Lipinski definition) is 0. The monoisotopic (exact) mass is 694 g/mol. The first-order valence-electron chi connectivity index (χ1n) is 12.5. The Hall–Kier alpha value is 1.76. The summed E-state index contributed by atoms with van der Waals surface area (Å²) < 4.78 is 27.3. The molecular formula is C24H26Br4O4. The molecule has 11 fully saturated rings. The fourth-order valence-electron chi connectivity index (χ4n) is 14.5. The first-order valence-corrected chi connectivity index (χ1v) is 16.2.